The number of hydrogen-bond donors (Lipinski definition) is 2. The third-order valence-electron chi connectivity index (χ3n) is 4.08. The van der Waals surface area contributed by atoms with Crippen molar-refractivity contribution in [1.82, 2.24) is 20.4 Å². The van der Waals surface area contributed by atoms with Gasteiger partial charge in [-0.05, 0) is 44.9 Å². The van der Waals surface area contributed by atoms with Gasteiger partial charge in [0.2, 0.25) is 0 Å². The minimum absolute atomic E-state index is 0.541. The zero-order chi connectivity index (χ0) is 20.0. The summed E-state index contributed by atoms with van der Waals surface area (Å²) >= 11 is 0. The van der Waals surface area contributed by atoms with E-state index in [4.69, 9.17) is 14.5 Å². The Kier molecular flexibility index (Phi) is 9.93. The van der Waals surface area contributed by atoms with Gasteiger partial charge in [0.1, 0.15) is 12.4 Å². The lowest BCUT2D eigenvalue weighted by Gasteiger charge is -2.14. The number of nitrogens with zero attached hydrogens (tertiary/aromatic N) is 3. The number of guanidine groups is 1. The van der Waals surface area contributed by atoms with Crippen LogP contribution in [-0.2, 0) is 17.8 Å². The van der Waals surface area contributed by atoms with E-state index >= 15 is 0 Å². The second-order valence-corrected chi connectivity index (χ2v) is 6.40. The molecule has 0 unspecified atom stereocenters. The largest absolute Gasteiger partial charge is 0.491 e. The molecule has 1 aromatic carbocycles. The minimum atomic E-state index is 0.541. The van der Waals surface area contributed by atoms with Gasteiger partial charge in [0.15, 0.2) is 5.96 Å². The maximum Gasteiger partial charge on any atom is 0.191 e. The van der Waals surface area contributed by atoms with Crippen molar-refractivity contribution >= 4 is 5.96 Å². The standard InChI is InChI=1S/C21H33N5O2/c1-4-22-21(23-10-6-12-26-13-7-11-25-26)24-17-19-9-8-18(3)16-20(19)28-15-14-27-5-2/h7-9,11,13,16H,4-6,10,12,14-15,17H2,1-3H3,(H2,22,23,24). The first-order valence-electron chi connectivity index (χ1n) is 10.0. The van der Waals surface area contributed by atoms with Gasteiger partial charge in [-0.2, -0.15) is 5.10 Å². The highest BCUT2D eigenvalue weighted by atomic mass is 16.5. The van der Waals surface area contributed by atoms with E-state index in [0.29, 0.717) is 26.4 Å². The first-order chi connectivity index (χ1) is 13.7. The molecule has 0 fully saturated rings. The monoisotopic (exact) mass is 387 g/mol. The number of ether oxygens (including phenoxy) is 2. The number of aromatic nitrogens is 2. The Morgan fingerprint density at radius 3 is 2.86 bits per heavy atom. The fourth-order valence-corrected chi connectivity index (χ4v) is 2.67. The van der Waals surface area contributed by atoms with Crippen molar-refractivity contribution < 1.29 is 9.47 Å². The van der Waals surface area contributed by atoms with Crippen molar-refractivity contribution in [2.45, 2.75) is 40.3 Å². The summed E-state index contributed by atoms with van der Waals surface area (Å²) in [6, 6.07) is 8.16. The van der Waals surface area contributed by atoms with E-state index in [-0.39, 0.29) is 0 Å². The molecule has 7 heteroatoms. The Morgan fingerprint density at radius 2 is 2.11 bits per heavy atom. The topological polar surface area (TPSA) is 72.7 Å². The predicted octanol–water partition coefficient (Wildman–Crippen LogP) is 2.75. The van der Waals surface area contributed by atoms with Gasteiger partial charge in [-0.1, -0.05) is 12.1 Å². The zero-order valence-corrected chi connectivity index (χ0v) is 17.3. The van der Waals surface area contributed by atoms with E-state index in [1.54, 1.807) is 6.20 Å². The van der Waals surface area contributed by atoms with Gasteiger partial charge >= 0.3 is 0 Å². The van der Waals surface area contributed by atoms with Gasteiger partial charge < -0.3 is 20.1 Å². The van der Waals surface area contributed by atoms with Gasteiger partial charge in [0.05, 0.1) is 13.2 Å². The molecule has 0 saturated heterocycles. The Bertz CT molecular complexity index is 701. The summed E-state index contributed by atoms with van der Waals surface area (Å²) in [5.74, 6) is 1.68. The molecule has 1 heterocycles. The molecule has 28 heavy (non-hydrogen) atoms. The van der Waals surface area contributed by atoms with Crippen LogP contribution < -0.4 is 15.4 Å². The van der Waals surface area contributed by atoms with Crippen molar-refractivity contribution in [2.24, 2.45) is 4.99 Å². The van der Waals surface area contributed by atoms with Crippen LogP contribution in [0.2, 0.25) is 0 Å². The number of nitrogens with one attached hydrogen (secondary N) is 2. The normalized spacial score (nSPS) is 11.5. The van der Waals surface area contributed by atoms with Crippen LogP contribution in [0.25, 0.3) is 0 Å². The molecule has 0 aliphatic rings. The Labute approximate surface area is 168 Å². The highest BCUT2D eigenvalue weighted by Crippen LogP contribution is 2.21. The third-order valence-corrected chi connectivity index (χ3v) is 4.08. The summed E-state index contributed by atoms with van der Waals surface area (Å²) in [7, 11) is 0. The Balaban J connectivity index is 1.89. The first kappa shape index (κ1) is 21.8. The fourth-order valence-electron chi connectivity index (χ4n) is 2.67. The molecular formula is C21H33N5O2. The molecule has 0 bridgehead atoms. The maximum absolute atomic E-state index is 5.91. The van der Waals surface area contributed by atoms with Gasteiger partial charge in [-0.25, -0.2) is 4.99 Å². The lowest BCUT2D eigenvalue weighted by atomic mass is 10.1. The molecule has 0 aliphatic heterocycles. The summed E-state index contributed by atoms with van der Waals surface area (Å²) in [4.78, 5) is 4.71. The van der Waals surface area contributed by atoms with E-state index in [1.807, 2.05) is 23.9 Å². The summed E-state index contributed by atoms with van der Waals surface area (Å²) in [5, 5.41) is 10.9. The number of hydrogen-bond acceptors (Lipinski definition) is 4. The van der Waals surface area contributed by atoms with E-state index in [2.05, 4.69) is 47.8 Å². The first-order valence-corrected chi connectivity index (χ1v) is 10.0. The summed E-state index contributed by atoms with van der Waals surface area (Å²) < 4.78 is 13.2. The molecule has 154 valence electrons. The molecule has 7 nitrogen and oxygen atoms in total. The van der Waals surface area contributed by atoms with Crippen LogP contribution in [0.1, 0.15) is 31.4 Å². The molecular weight excluding hydrogens is 354 g/mol. The molecule has 2 rings (SSSR count). The van der Waals surface area contributed by atoms with Crippen molar-refractivity contribution in [2.75, 3.05) is 32.9 Å². The molecule has 2 aromatic rings. The molecule has 0 radical (unpaired) electrons. The van der Waals surface area contributed by atoms with Crippen LogP contribution in [-0.4, -0.2) is 48.7 Å². The number of aliphatic imine (C=N–C) groups is 1. The number of aryl methyl sites for hydroxylation is 2. The van der Waals surface area contributed by atoms with Gasteiger partial charge in [0.25, 0.3) is 0 Å². The van der Waals surface area contributed by atoms with E-state index in [9.17, 15) is 0 Å². The zero-order valence-electron chi connectivity index (χ0n) is 17.3. The van der Waals surface area contributed by atoms with Gasteiger partial charge in [0, 0.05) is 44.2 Å². The minimum Gasteiger partial charge on any atom is -0.491 e. The number of rotatable bonds is 12. The van der Waals surface area contributed by atoms with Crippen LogP contribution in [0.5, 0.6) is 5.75 Å². The van der Waals surface area contributed by atoms with Gasteiger partial charge in [-0.3, -0.25) is 4.68 Å². The average Bonchev–Trinajstić information content (AvgIpc) is 3.21. The van der Waals surface area contributed by atoms with Crippen LogP contribution in [0.4, 0.5) is 0 Å². The molecule has 0 saturated carbocycles. The highest BCUT2D eigenvalue weighted by molar-refractivity contribution is 5.79. The Morgan fingerprint density at radius 1 is 1.21 bits per heavy atom. The van der Waals surface area contributed by atoms with E-state index in [1.165, 1.54) is 5.56 Å². The molecule has 1 aromatic heterocycles. The smallest absolute Gasteiger partial charge is 0.191 e. The molecule has 0 spiro atoms. The third kappa shape index (κ3) is 8.00. The quantitative estimate of drug-likeness (QED) is 0.333. The molecule has 0 aliphatic carbocycles. The molecule has 0 atom stereocenters. The second kappa shape index (κ2) is 12.8. The summed E-state index contributed by atoms with van der Waals surface area (Å²) in [5.41, 5.74) is 2.23. The SMILES string of the molecule is CCNC(=NCc1ccc(C)cc1OCCOCC)NCCCn1cccn1. The molecule has 0 amide bonds. The fraction of sp³-hybridized carbons (Fsp3) is 0.524. The second-order valence-electron chi connectivity index (χ2n) is 6.40. The van der Waals surface area contributed by atoms with Crippen molar-refractivity contribution in [3.05, 3.63) is 47.8 Å². The average molecular weight is 388 g/mol. The van der Waals surface area contributed by atoms with Crippen LogP contribution in [0.3, 0.4) is 0 Å². The van der Waals surface area contributed by atoms with Crippen LogP contribution in [0.15, 0.2) is 41.7 Å². The number of benzene rings is 1. The molecule has 2 N–H and O–H groups in total. The Hall–Kier alpha value is -2.54. The van der Waals surface area contributed by atoms with Gasteiger partial charge in [-0.15, -0.1) is 0 Å². The van der Waals surface area contributed by atoms with E-state index in [0.717, 1.165) is 43.3 Å². The highest BCUT2D eigenvalue weighted by Gasteiger charge is 2.05. The van der Waals surface area contributed by atoms with Crippen LogP contribution in [0, 0.1) is 6.92 Å². The van der Waals surface area contributed by atoms with E-state index < -0.39 is 0 Å². The summed E-state index contributed by atoms with van der Waals surface area (Å²) in [6.45, 7) is 11.0. The van der Waals surface area contributed by atoms with Crippen molar-refractivity contribution in [3.63, 3.8) is 0 Å². The predicted molar refractivity (Wildman–Crippen MR) is 113 cm³/mol. The lowest BCUT2D eigenvalue weighted by molar-refractivity contribution is 0.110. The van der Waals surface area contributed by atoms with Crippen molar-refractivity contribution in [3.8, 4) is 5.75 Å². The van der Waals surface area contributed by atoms with Crippen molar-refractivity contribution in [1.29, 1.82) is 0 Å². The maximum atomic E-state index is 5.91. The summed E-state index contributed by atoms with van der Waals surface area (Å²) in [6.07, 6.45) is 4.75. The van der Waals surface area contributed by atoms with Crippen LogP contribution >= 0.6 is 0 Å². The lowest BCUT2D eigenvalue weighted by Crippen LogP contribution is -2.38.